The van der Waals surface area contributed by atoms with Crippen molar-refractivity contribution in [2.75, 3.05) is 12.4 Å². The van der Waals surface area contributed by atoms with E-state index in [2.05, 4.69) is 5.32 Å². The average molecular weight is 295 g/mol. The fourth-order valence-electron chi connectivity index (χ4n) is 0.899. The van der Waals surface area contributed by atoms with E-state index in [-0.39, 0.29) is 36.5 Å². The monoisotopic (exact) mass is 293 g/mol. The fourth-order valence-corrected chi connectivity index (χ4v) is 0.994. The van der Waals surface area contributed by atoms with Gasteiger partial charge in [-0.3, -0.25) is 10.2 Å². The van der Waals surface area contributed by atoms with Gasteiger partial charge in [0.1, 0.15) is 11.9 Å². The van der Waals surface area contributed by atoms with Crippen LogP contribution in [0.25, 0.3) is 0 Å². The second-order valence-electron chi connectivity index (χ2n) is 2.98. The first-order chi connectivity index (χ1) is 6.57. The molecule has 5 nitrogen and oxygen atoms in total. The van der Waals surface area contributed by atoms with Gasteiger partial charge in [-0.05, 0) is 19.3 Å². The van der Waals surface area contributed by atoms with Gasteiger partial charge in [-0.2, -0.15) is 0 Å². The Bertz CT molecular complexity index is 205. The van der Waals surface area contributed by atoms with Gasteiger partial charge in [0.15, 0.2) is 0 Å². The number of alkyl halides is 1. The molecular weight excluding hydrogens is 276 g/mol. The Hall–Kier alpha value is -0.230. The van der Waals surface area contributed by atoms with Gasteiger partial charge in [0.25, 0.3) is 0 Å². The highest BCUT2D eigenvalue weighted by Gasteiger charge is 2.09. The minimum Gasteiger partial charge on any atom is -0.480 e. The summed E-state index contributed by atoms with van der Waals surface area (Å²) in [6.45, 7) is 0.637. The standard InChI is InChI=1S/C8H16ClN3O2.2ClH/c9-5-7(11)12-4-2-1-3-6(10)8(13)14;;/h6H,1-5,10H2,(H2,11,12)(H,13,14);2*1H/t6-;;/m0../s1. The van der Waals surface area contributed by atoms with Gasteiger partial charge in [-0.25, -0.2) is 0 Å². The molecule has 0 aromatic heterocycles. The molecule has 0 aromatic rings. The number of nitrogens with two attached hydrogens (primary N) is 1. The number of hydrogen-bond acceptors (Lipinski definition) is 3. The number of carbonyl (C=O) groups is 1. The van der Waals surface area contributed by atoms with Crippen LogP contribution in [0.1, 0.15) is 19.3 Å². The first-order valence-electron chi connectivity index (χ1n) is 4.43. The molecule has 8 heteroatoms. The number of carboxylic acid groups (broad SMARTS) is 1. The summed E-state index contributed by atoms with van der Waals surface area (Å²) in [4.78, 5) is 10.3. The predicted octanol–water partition coefficient (Wildman–Crippen LogP) is 1.22. The number of aliphatic carboxylic acids is 1. The maximum atomic E-state index is 10.3. The van der Waals surface area contributed by atoms with Crippen LogP contribution in [0.3, 0.4) is 0 Å². The highest BCUT2D eigenvalue weighted by molar-refractivity contribution is 6.27. The predicted molar refractivity (Wildman–Crippen MR) is 70.4 cm³/mol. The highest BCUT2D eigenvalue weighted by atomic mass is 35.5. The third-order valence-corrected chi connectivity index (χ3v) is 2.00. The molecule has 1 atom stereocenters. The molecule has 0 rings (SSSR count). The first-order valence-corrected chi connectivity index (χ1v) is 4.97. The van der Waals surface area contributed by atoms with Gasteiger partial charge in [-0.1, -0.05) is 0 Å². The molecule has 0 unspecified atom stereocenters. The van der Waals surface area contributed by atoms with Gasteiger partial charge in [-0.15, -0.1) is 36.4 Å². The minimum absolute atomic E-state index is 0. The van der Waals surface area contributed by atoms with Crippen LogP contribution in [0.4, 0.5) is 0 Å². The van der Waals surface area contributed by atoms with Crippen molar-refractivity contribution in [2.24, 2.45) is 5.73 Å². The molecule has 0 saturated heterocycles. The average Bonchev–Trinajstić information content (AvgIpc) is 2.16. The third kappa shape index (κ3) is 11.8. The van der Waals surface area contributed by atoms with Crippen LogP contribution >= 0.6 is 36.4 Å². The topological polar surface area (TPSA) is 99.2 Å². The summed E-state index contributed by atoms with van der Waals surface area (Å²) in [6, 6.07) is -0.775. The summed E-state index contributed by atoms with van der Waals surface area (Å²) in [5.41, 5.74) is 5.30. The molecular formula is C8H18Cl3N3O2. The van der Waals surface area contributed by atoms with E-state index in [4.69, 9.17) is 27.9 Å². The lowest BCUT2D eigenvalue weighted by molar-refractivity contribution is -0.138. The van der Waals surface area contributed by atoms with E-state index in [0.717, 1.165) is 12.8 Å². The largest absolute Gasteiger partial charge is 0.480 e. The Morgan fingerprint density at radius 2 is 2.00 bits per heavy atom. The van der Waals surface area contributed by atoms with Crippen molar-refractivity contribution >= 4 is 48.2 Å². The summed E-state index contributed by atoms with van der Waals surface area (Å²) in [5, 5.41) is 18.4. The second-order valence-corrected chi connectivity index (χ2v) is 3.25. The zero-order chi connectivity index (χ0) is 11.0. The number of halogens is 3. The van der Waals surface area contributed by atoms with Crippen LogP contribution in [-0.2, 0) is 4.79 Å². The molecule has 0 radical (unpaired) electrons. The Morgan fingerprint density at radius 3 is 2.44 bits per heavy atom. The molecule has 16 heavy (non-hydrogen) atoms. The summed E-state index contributed by atoms with van der Waals surface area (Å²) in [6.07, 6.45) is 1.99. The van der Waals surface area contributed by atoms with Crippen molar-refractivity contribution in [1.29, 1.82) is 5.41 Å². The van der Waals surface area contributed by atoms with Gasteiger partial charge < -0.3 is 16.2 Å². The molecule has 0 saturated carbocycles. The molecule has 0 spiro atoms. The van der Waals surface area contributed by atoms with Gasteiger partial charge in [0, 0.05) is 6.54 Å². The smallest absolute Gasteiger partial charge is 0.320 e. The fraction of sp³-hybridized carbons (Fsp3) is 0.750. The zero-order valence-corrected chi connectivity index (χ0v) is 11.1. The summed E-state index contributed by atoms with van der Waals surface area (Å²) in [7, 11) is 0. The number of hydrogen-bond donors (Lipinski definition) is 4. The van der Waals surface area contributed by atoms with Crippen LogP contribution in [0.15, 0.2) is 0 Å². The Kier molecular flexibility index (Phi) is 16.9. The second kappa shape index (κ2) is 12.8. The van der Waals surface area contributed by atoms with E-state index in [9.17, 15) is 4.79 Å². The Morgan fingerprint density at radius 1 is 1.44 bits per heavy atom. The van der Waals surface area contributed by atoms with Crippen LogP contribution in [-0.4, -0.2) is 35.4 Å². The maximum Gasteiger partial charge on any atom is 0.320 e. The molecule has 5 N–H and O–H groups in total. The number of rotatable bonds is 7. The van der Waals surface area contributed by atoms with E-state index in [1.54, 1.807) is 0 Å². The number of unbranched alkanes of at least 4 members (excludes halogenated alkanes) is 1. The SMILES string of the molecule is Cl.Cl.N=C(CCl)NCCCC[C@H](N)C(=O)O. The van der Waals surface area contributed by atoms with E-state index in [0.29, 0.717) is 13.0 Å². The lowest BCUT2D eigenvalue weighted by Gasteiger charge is -2.07. The van der Waals surface area contributed by atoms with Crippen molar-refractivity contribution in [1.82, 2.24) is 5.32 Å². The van der Waals surface area contributed by atoms with Crippen molar-refractivity contribution in [3.63, 3.8) is 0 Å². The molecule has 0 heterocycles. The molecule has 0 bridgehead atoms. The van der Waals surface area contributed by atoms with Crippen molar-refractivity contribution in [2.45, 2.75) is 25.3 Å². The quantitative estimate of drug-likeness (QED) is 0.245. The van der Waals surface area contributed by atoms with E-state index in [1.165, 1.54) is 0 Å². The number of amidine groups is 1. The van der Waals surface area contributed by atoms with Gasteiger partial charge in [0.2, 0.25) is 0 Å². The highest BCUT2D eigenvalue weighted by Crippen LogP contribution is 1.98. The van der Waals surface area contributed by atoms with Gasteiger partial charge in [0.05, 0.1) is 5.88 Å². The third-order valence-electron chi connectivity index (χ3n) is 1.73. The Labute approximate surface area is 112 Å². The van der Waals surface area contributed by atoms with E-state index in [1.807, 2.05) is 0 Å². The van der Waals surface area contributed by atoms with Gasteiger partial charge >= 0.3 is 5.97 Å². The molecule has 0 aliphatic heterocycles. The molecule has 0 aliphatic rings. The molecule has 98 valence electrons. The van der Waals surface area contributed by atoms with Crippen molar-refractivity contribution in [3.8, 4) is 0 Å². The number of carboxylic acids is 1. The van der Waals surface area contributed by atoms with Crippen LogP contribution in [0.5, 0.6) is 0 Å². The molecule has 0 amide bonds. The number of nitrogens with one attached hydrogen (secondary N) is 2. The van der Waals surface area contributed by atoms with Crippen molar-refractivity contribution in [3.05, 3.63) is 0 Å². The lowest BCUT2D eigenvalue weighted by Crippen LogP contribution is -2.30. The maximum absolute atomic E-state index is 10.3. The Balaban J connectivity index is -0.000000845. The zero-order valence-electron chi connectivity index (χ0n) is 8.74. The summed E-state index contributed by atoms with van der Waals surface area (Å²) in [5.74, 6) is -0.505. The minimum atomic E-state index is -0.966. The molecule has 0 aliphatic carbocycles. The molecule has 0 fully saturated rings. The lowest BCUT2D eigenvalue weighted by atomic mass is 10.1. The van der Waals surface area contributed by atoms with E-state index >= 15 is 0 Å². The first kappa shape index (κ1) is 21.1. The normalized spacial score (nSPS) is 10.6. The van der Waals surface area contributed by atoms with E-state index < -0.39 is 12.0 Å². The molecule has 0 aromatic carbocycles. The van der Waals surface area contributed by atoms with Crippen LogP contribution in [0, 0.1) is 5.41 Å². The van der Waals surface area contributed by atoms with Crippen LogP contribution in [0.2, 0.25) is 0 Å². The van der Waals surface area contributed by atoms with Crippen molar-refractivity contribution < 1.29 is 9.90 Å². The summed E-state index contributed by atoms with van der Waals surface area (Å²) < 4.78 is 0. The van der Waals surface area contributed by atoms with Crippen LogP contribution < -0.4 is 11.1 Å². The summed E-state index contributed by atoms with van der Waals surface area (Å²) >= 11 is 5.37.